The van der Waals surface area contributed by atoms with Gasteiger partial charge in [0, 0.05) is 44.6 Å². The molecule has 142 valence electrons. The lowest BCUT2D eigenvalue weighted by molar-refractivity contribution is -0.129. The van der Waals surface area contributed by atoms with Crippen molar-refractivity contribution in [3.8, 4) is 0 Å². The summed E-state index contributed by atoms with van der Waals surface area (Å²) >= 11 is 0. The van der Waals surface area contributed by atoms with E-state index in [0.29, 0.717) is 19.0 Å². The van der Waals surface area contributed by atoms with E-state index in [1.807, 2.05) is 24.0 Å². The molecule has 0 saturated carbocycles. The van der Waals surface area contributed by atoms with Crippen LogP contribution < -0.4 is 10.6 Å². The molecule has 1 saturated heterocycles. The third-order valence-corrected chi connectivity index (χ3v) is 4.39. The van der Waals surface area contributed by atoms with Gasteiger partial charge in [0.15, 0.2) is 5.96 Å². The molecule has 2 rings (SSSR count). The van der Waals surface area contributed by atoms with Crippen molar-refractivity contribution in [2.75, 3.05) is 19.6 Å². The lowest BCUT2D eigenvalue weighted by Crippen LogP contribution is -2.47. The first-order valence-corrected chi connectivity index (χ1v) is 9.00. The van der Waals surface area contributed by atoms with Gasteiger partial charge >= 0.3 is 0 Å². The van der Waals surface area contributed by atoms with Crippen LogP contribution >= 0.6 is 24.0 Å². The van der Waals surface area contributed by atoms with Gasteiger partial charge in [-0.2, -0.15) is 0 Å². The Balaban J connectivity index is 0.00000312. The van der Waals surface area contributed by atoms with Crippen LogP contribution in [0, 0.1) is 0 Å². The van der Waals surface area contributed by atoms with Crippen LogP contribution in [-0.4, -0.2) is 48.5 Å². The summed E-state index contributed by atoms with van der Waals surface area (Å²) in [5.74, 6) is 2.00. The normalized spacial score (nSPS) is 18.6. The Morgan fingerprint density at radius 3 is 2.92 bits per heavy atom. The van der Waals surface area contributed by atoms with Crippen LogP contribution in [0.25, 0.3) is 0 Å². The smallest absolute Gasteiger partial charge is 0.222 e. The molecular formula is C18H31IN4O2. The number of amides is 1. The summed E-state index contributed by atoms with van der Waals surface area (Å²) < 4.78 is 5.35. The van der Waals surface area contributed by atoms with Gasteiger partial charge in [0.05, 0.1) is 6.26 Å². The number of likely N-dealkylation sites (tertiary alicyclic amines) is 1. The van der Waals surface area contributed by atoms with Gasteiger partial charge in [-0.25, -0.2) is 0 Å². The van der Waals surface area contributed by atoms with Crippen molar-refractivity contribution >= 4 is 35.8 Å². The number of guanidine groups is 1. The van der Waals surface area contributed by atoms with Crippen molar-refractivity contribution in [3.05, 3.63) is 24.2 Å². The number of carbonyl (C=O) groups is 1. The van der Waals surface area contributed by atoms with E-state index in [-0.39, 0.29) is 35.9 Å². The van der Waals surface area contributed by atoms with Crippen molar-refractivity contribution in [3.63, 3.8) is 0 Å². The number of aliphatic imine (C=N–C) groups is 1. The van der Waals surface area contributed by atoms with Gasteiger partial charge in [-0.05, 0) is 31.9 Å². The van der Waals surface area contributed by atoms with Crippen molar-refractivity contribution in [1.82, 2.24) is 15.5 Å². The van der Waals surface area contributed by atoms with E-state index in [1.165, 1.54) is 0 Å². The zero-order chi connectivity index (χ0) is 17.4. The van der Waals surface area contributed by atoms with Crippen LogP contribution in [0.2, 0.25) is 0 Å². The maximum absolute atomic E-state index is 11.8. The van der Waals surface area contributed by atoms with E-state index >= 15 is 0 Å². The number of furan rings is 1. The third kappa shape index (κ3) is 7.25. The molecular weight excluding hydrogens is 431 g/mol. The van der Waals surface area contributed by atoms with Crippen molar-refractivity contribution < 1.29 is 9.21 Å². The molecule has 6 nitrogen and oxygen atoms in total. The maximum atomic E-state index is 11.8. The molecule has 0 aromatic carbocycles. The maximum Gasteiger partial charge on any atom is 0.222 e. The Morgan fingerprint density at radius 2 is 2.28 bits per heavy atom. The summed E-state index contributed by atoms with van der Waals surface area (Å²) in [7, 11) is 0. The second-order valence-corrected chi connectivity index (χ2v) is 6.34. The fraction of sp³-hybridized carbons (Fsp3) is 0.667. The zero-order valence-corrected chi connectivity index (χ0v) is 17.8. The van der Waals surface area contributed by atoms with E-state index in [9.17, 15) is 4.79 Å². The summed E-state index contributed by atoms with van der Waals surface area (Å²) in [6, 6.07) is 4.48. The van der Waals surface area contributed by atoms with Crippen molar-refractivity contribution in [2.24, 2.45) is 4.99 Å². The Labute approximate surface area is 167 Å². The predicted molar refractivity (Wildman–Crippen MR) is 111 cm³/mol. The molecule has 1 amide bonds. The molecule has 1 fully saturated rings. The average molecular weight is 462 g/mol. The zero-order valence-electron chi connectivity index (χ0n) is 15.5. The number of rotatable bonds is 7. The fourth-order valence-corrected chi connectivity index (χ4v) is 2.72. The molecule has 0 aliphatic carbocycles. The Morgan fingerprint density at radius 1 is 1.48 bits per heavy atom. The summed E-state index contributed by atoms with van der Waals surface area (Å²) in [5.41, 5.74) is 0. The summed E-state index contributed by atoms with van der Waals surface area (Å²) in [5, 5.41) is 6.92. The molecule has 0 radical (unpaired) electrons. The molecule has 2 atom stereocenters. The number of halogens is 1. The van der Waals surface area contributed by atoms with E-state index in [0.717, 1.165) is 44.1 Å². The highest BCUT2D eigenvalue weighted by atomic mass is 127. The number of nitrogens with one attached hydrogen (secondary N) is 2. The SMILES string of the molecule is CCC(=O)N1CCC(NC(=NCCc2ccco2)NC(C)CC)C1.I. The molecule has 1 aliphatic heterocycles. The van der Waals surface area contributed by atoms with E-state index in [2.05, 4.69) is 29.5 Å². The van der Waals surface area contributed by atoms with Crippen LogP contribution in [-0.2, 0) is 11.2 Å². The topological polar surface area (TPSA) is 69.9 Å². The quantitative estimate of drug-likeness (QED) is 0.372. The molecule has 25 heavy (non-hydrogen) atoms. The predicted octanol–water partition coefficient (Wildman–Crippen LogP) is 2.78. The summed E-state index contributed by atoms with van der Waals surface area (Å²) in [6.45, 7) is 8.46. The fourth-order valence-electron chi connectivity index (χ4n) is 2.72. The standard InChI is InChI=1S/C18H30N4O2.HI/c1-4-14(3)20-18(19-10-8-16-7-6-12-24-16)21-15-9-11-22(13-15)17(23)5-2;/h6-7,12,14-15H,4-5,8-11,13H2,1-3H3,(H2,19,20,21);1H. The average Bonchev–Trinajstić information content (AvgIpc) is 3.25. The second-order valence-electron chi connectivity index (χ2n) is 6.34. The number of hydrogen-bond acceptors (Lipinski definition) is 3. The first-order valence-electron chi connectivity index (χ1n) is 9.00. The molecule has 7 heteroatoms. The first kappa shape index (κ1) is 21.8. The largest absolute Gasteiger partial charge is 0.469 e. The Hall–Kier alpha value is -1.25. The number of carbonyl (C=O) groups excluding carboxylic acids is 1. The Bertz CT molecular complexity index is 533. The highest BCUT2D eigenvalue weighted by molar-refractivity contribution is 14.0. The molecule has 1 aromatic rings. The monoisotopic (exact) mass is 462 g/mol. The van der Waals surface area contributed by atoms with Crippen LogP contribution in [0.4, 0.5) is 0 Å². The second kappa shape index (κ2) is 11.4. The van der Waals surface area contributed by atoms with Gasteiger partial charge in [-0.3, -0.25) is 9.79 Å². The molecule has 2 unspecified atom stereocenters. The summed E-state index contributed by atoms with van der Waals surface area (Å²) in [4.78, 5) is 18.4. The van der Waals surface area contributed by atoms with Crippen LogP contribution in [0.3, 0.4) is 0 Å². The van der Waals surface area contributed by atoms with Crippen LogP contribution in [0.15, 0.2) is 27.8 Å². The van der Waals surface area contributed by atoms with Crippen molar-refractivity contribution in [2.45, 2.75) is 58.5 Å². The number of nitrogens with zero attached hydrogens (tertiary/aromatic N) is 2. The van der Waals surface area contributed by atoms with E-state index in [1.54, 1.807) is 6.26 Å². The molecule has 1 aromatic heterocycles. The van der Waals surface area contributed by atoms with Gasteiger partial charge in [0.1, 0.15) is 5.76 Å². The lowest BCUT2D eigenvalue weighted by Gasteiger charge is -2.21. The van der Waals surface area contributed by atoms with Gasteiger partial charge in [-0.1, -0.05) is 13.8 Å². The lowest BCUT2D eigenvalue weighted by atomic mass is 10.2. The Kier molecular flexibility index (Phi) is 9.92. The van der Waals surface area contributed by atoms with Crippen molar-refractivity contribution in [1.29, 1.82) is 0 Å². The van der Waals surface area contributed by atoms with Gasteiger partial charge in [0.25, 0.3) is 0 Å². The van der Waals surface area contributed by atoms with Gasteiger partial charge < -0.3 is 20.0 Å². The van der Waals surface area contributed by atoms with Gasteiger partial charge in [-0.15, -0.1) is 24.0 Å². The summed E-state index contributed by atoms with van der Waals surface area (Å²) in [6.07, 6.45) is 5.04. The number of hydrogen-bond donors (Lipinski definition) is 2. The minimum Gasteiger partial charge on any atom is -0.469 e. The highest BCUT2D eigenvalue weighted by Crippen LogP contribution is 2.10. The van der Waals surface area contributed by atoms with Crippen LogP contribution in [0.1, 0.15) is 45.8 Å². The minimum atomic E-state index is 0. The van der Waals surface area contributed by atoms with Crippen LogP contribution in [0.5, 0.6) is 0 Å². The van der Waals surface area contributed by atoms with E-state index in [4.69, 9.17) is 4.42 Å². The highest BCUT2D eigenvalue weighted by Gasteiger charge is 2.26. The van der Waals surface area contributed by atoms with E-state index < -0.39 is 0 Å². The molecule has 2 heterocycles. The van der Waals surface area contributed by atoms with Gasteiger partial charge in [0.2, 0.25) is 5.91 Å². The first-order chi connectivity index (χ1) is 11.6. The molecule has 0 spiro atoms. The molecule has 0 bridgehead atoms. The molecule has 2 N–H and O–H groups in total. The minimum absolute atomic E-state index is 0. The molecule has 1 aliphatic rings. The third-order valence-electron chi connectivity index (χ3n) is 4.39.